The number of rotatable bonds is 5. The topological polar surface area (TPSA) is 45.6 Å². The van der Waals surface area contributed by atoms with Crippen LogP contribution in [0.3, 0.4) is 0 Å². The Balaban J connectivity index is 2.84. The van der Waals surface area contributed by atoms with Gasteiger partial charge in [-0.2, -0.15) is 13.2 Å². The molecule has 0 aliphatic heterocycles. The van der Waals surface area contributed by atoms with E-state index in [0.717, 1.165) is 6.07 Å². The molecule has 0 radical (unpaired) electrons. The molecule has 1 aromatic heterocycles. The highest BCUT2D eigenvalue weighted by atomic mass is 35.5. The van der Waals surface area contributed by atoms with E-state index >= 15 is 0 Å². The highest BCUT2D eigenvalue weighted by Gasteiger charge is 2.31. The second kappa shape index (κ2) is 6.40. The van der Waals surface area contributed by atoms with E-state index in [1.807, 2.05) is 0 Å². The number of aromatic nitrogens is 1. The molecule has 0 aliphatic carbocycles. The van der Waals surface area contributed by atoms with E-state index in [2.05, 4.69) is 4.98 Å². The third-order valence-electron chi connectivity index (χ3n) is 2.35. The van der Waals surface area contributed by atoms with Gasteiger partial charge in [0, 0.05) is 26.9 Å². The van der Waals surface area contributed by atoms with Gasteiger partial charge in [0.05, 0.1) is 23.3 Å². The van der Waals surface area contributed by atoms with Crippen LogP contribution in [-0.4, -0.2) is 43.5 Å². The molecule has 108 valence electrons. The smallest absolute Gasteiger partial charge is 0.389 e. The Labute approximate surface area is 113 Å². The molecule has 0 amide bonds. The number of nitrogens with zero attached hydrogens (tertiary/aromatic N) is 2. The van der Waals surface area contributed by atoms with Crippen molar-refractivity contribution in [1.29, 1.82) is 0 Å². The predicted octanol–water partition coefficient (Wildman–Crippen LogP) is 2.20. The van der Waals surface area contributed by atoms with E-state index in [4.69, 9.17) is 16.3 Å². The summed E-state index contributed by atoms with van der Waals surface area (Å²) in [4.78, 5) is 5.14. The molecule has 0 spiro atoms. The minimum Gasteiger partial charge on any atom is -0.389 e. The molecule has 19 heavy (non-hydrogen) atoms. The second-order valence-electron chi connectivity index (χ2n) is 4.02. The third-order valence-corrected chi connectivity index (χ3v) is 2.63. The van der Waals surface area contributed by atoms with Crippen LogP contribution in [0.4, 0.5) is 19.0 Å². The standard InChI is InChI=1S/C11H14ClF3N2O2/c1-17(5-8(18)6-19-2)10-9(12)3-7(4-16-10)11(13,14)15/h3-4,8,18H,5-6H2,1-2H3. The van der Waals surface area contributed by atoms with Gasteiger partial charge in [0.15, 0.2) is 0 Å². The zero-order valence-electron chi connectivity index (χ0n) is 10.4. The Morgan fingerprint density at radius 1 is 1.53 bits per heavy atom. The molecule has 1 aromatic rings. The first-order valence-electron chi connectivity index (χ1n) is 5.36. The van der Waals surface area contributed by atoms with E-state index in [9.17, 15) is 18.3 Å². The zero-order chi connectivity index (χ0) is 14.6. The van der Waals surface area contributed by atoms with Gasteiger partial charge in [-0.3, -0.25) is 0 Å². The summed E-state index contributed by atoms with van der Waals surface area (Å²) in [5.41, 5.74) is -0.910. The SMILES string of the molecule is COCC(O)CN(C)c1ncc(C(F)(F)F)cc1Cl. The van der Waals surface area contributed by atoms with Crippen LogP contribution >= 0.6 is 11.6 Å². The Kier molecular flexibility index (Phi) is 5.39. The number of hydrogen-bond donors (Lipinski definition) is 1. The Morgan fingerprint density at radius 3 is 2.63 bits per heavy atom. The molecule has 0 saturated carbocycles. The number of halogens is 4. The molecule has 1 unspecified atom stereocenters. The van der Waals surface area contributed by atoms with Crippen molar-refractivity contribution in [2.24, 2.45) is 0 Å². The first-order chi connectivity index (χ1) is 8.75. The number of aliphatic hydroxyl groups is 1. The second-order valence-corrected chi connectivity index (χ2v) is 4.42. The summed E-state index contributed by atoms with van der Waals surface area (Å²) in [6, 6.07) is 0.809. The highest BCUT2D eigenvalue weighted by molar-refractivity contribution is 6.33. The number of aliphatic hydroxyl groups excluding tert-OH is 1. The molecule has 1 N–H and O–H groups in total. The van der Waals surface area contributed by atoms with Crippen molar-refractivity contribution >= 4 is 17.4 Å². The maximum Gasteiger partial charge on any atom is 0.417 e. The van der Waals surface area contributed by atoms with Crippen LogP contribution in [0.25, 0.3) is 0 Å². The largest absolute Gasteiger partial charge is 0.417 e. The summed E-state index contributed by atoms with van der Waals surface area (Å²) in [5, 5.41) is 9.41. The molecule has 0 fully saturated rings. The van der Waals surface area contributed by atoms with Crippen molar-refractivity contribution in [3.8, 4) is 0 Å². The van der Waals surface area contributed by atoms with Gasteiger partial charge < -0.3 is 14.7 Å². The van der Waals surface area contributed by atoms with E-state index in [1.54, 1.807) is 7.05 Å². The highest BCUT2D eigenvalue weighted by Crippen LogP contribution is 2.33. The number of alkyl halides is 3. The molecule has 4 nitrogen and oxygen atoms in total. The van der Waals surface area contributed by atoms with Crippen LogP contribution in [0.15, 0.2) is 12.3 Å². The Morgan fingerprint density at radius 2 is 2.16 bits per heavy atom. The summed E-state index contributed by atoms with van der Waals surface area (Å²) >= 11 is 5.77. The van der Waals surface area contributed by atoms with Crippen LogP contribution in [0, 0.1) is 0 Å². The normalized spacial score (nSPS) is 13.4. The quantitative estimate of drug-likeness (QED) is 0.905. The number of anilines is 1. The van der Waals surface area contributed by atoms with Gasteiger partial charge in [-0.05, 0) is 6.07 Å². The summed E-state index contributed by atoms with van der Waals surface area (Å²) in [6.45, 7) is 0.258. The molecule has 1 atom stereocenters. The lowest BCUT2D eigenvalue weighted by Gasteiger charge is -2.22. The van der Waals surface area contributed by atoms with Gasteiger partial charge in [0.25, 0.3) is 0 Å². The van der Waals surface area contributed by atoms with Crippen molar-refractivity contribution in [3.05, 3.63) is 22.8 Å². The van der Waals surface area contributed by atoms with Crippen LogP contribution in [0.5, 0.6) is 0 Å². The minimum atomic E-state index is -4.48. The van der Waals surface area contributed by atoms with Crippen molar-refractivity contribution in [3.63, 3.8) is 0 Å². The van der Waals surface area contributed by atoms with Crippen LogP contribution in [0.1, 0.15) is 5.56 Å². The molecule has 0 aromatic carbocycles. The van der Waals surface area contributed by atoms with Crippen molar-refractivity contribution in [2.45, 2.75) is 12.3 Å². The number of pyridine rings is 1. The van der Waals surface area contributed by atoms with E-state index in [1.165, 1.54) is 12.0 Å². The van der Waals surface area contributed by atoms with Gasteiger partial charge in [-0.1, -0.05) is 11.6 Å². The van der Waals surface area contributed by atoms with Crippen molar-refractivity contribution in [1.82, 2.24) is 4.98 Å². The lowest BCUT2D eigenvalue weighted by molar-refractivity contribution is -0.137. The maximum absolute atomic E-state index is 12.4. The average molecular weight is 299 g/mol. The first-order valence-corrected chi connectivity index (χ1v) is 5.74. The summed E-state index contributed by atoms with van der Waals surface area (Å²) in [5.74, 6) is 0.171. The minimum absolute atomic E-state index is 0.114. The molecule has 1 heterocycles. The molecule has 8 heteroatoms. The fraction of sp³-hybridized carbons (Fsp3) is 0.545. The third kappa shape index (κ3) is 4.52. The summed E-state index contributed by atoms with van der Waals surface area (Å²) in [6.07, 6.45) is -4.56. The van der Waals surface area contributed by atoms with Crippen molar-refractivity contribution in [2.75, 3.05) is 32.2 Å². The molecule has 1 rings (SSSR count). The van der Waals surface area contributed by atoms with E-state index in [-0.39, 0.29) is 24.0 Å². The zero-order valence-corrected chi connectivity index (χ0v) is 11.2. The number of likely N-dealkylation sites (N-methyl/N-ethyl adjacent to an activating group) is 1. The lowest BCUT2D eigenvalue weighted by Crippen LogP contribution is -2.32. The number of hydrogen-bond acceptors (Lipinski definition) is 4. The van der Waals surface area contributed by atoms with E-state index in [0.29, 0.717) is 6.20 Å². The van der Waals surface area contributed by atoms with Gasteiger partial charge in [-0.25, -0.2) is 4.98 Å². The monoisotopic (exact) mass is 298 g/mol. The summed E-state index contributed by atoms with van der Waals surface area (Å²) in [7, 11) is 3.01. The van der Waals surface area contributed by atoms with Gasteiger partial charge in [-0.15, -0.1) is 0 Å². The average Bonchev–Trinajstić information content (AvgIpc) is 2.27. The fourth-order valence-electron chi connectivity index (χ4n) is 1.51. The first kappa shape index (κ1) is 16.0. The van der Waals surface area contributed by atoms with Crippen molar-refractivity contribution < 1.29 is 23.0 Å². The molecular formula is C11H14ClF3N2O2. The molecular weight excluding hydrogens is 285 g/mol. The van der Waals surface area contributed by atoms with Gasteiger partial charge >= 0.3 is 6.18 Å². The Hall–Kier alpha value is -1.05. The molecule has 0 saturated heterocycles. The van der Waals surface area contributed by atoms with Crippen LogP contribution in [0.2, 0.25) is 5.02 Å². The van der Waals surface area contributed by atoms with Crippen LogP contribution < -0.4 is 4.90 Å². The maximum atomic E-state index is 12.4. The van der Waals surface area contributed by atoms with Gasteiger partial charge in [0.2, 0.25) is 0 Å². The Bertz CT molecular complexity index is 429. The molecule has 0 aliphatic rings. The van der Waals surface area contributed by atoms with Crippen LogP contribution in [-0.2, 0) is 10.9 Å². The predicted molar refractivity (Wildman–Crippen MR) is 65.4 cm³/mol. The fourth-order valence-corrected chi connectivity index (χ4v) is 1.82. The van der Waals surface area contributed by atoms with E-state index < -0.39 is 17.8 Å². The van der Waals surface area contributed by atoms with Gasteiger partial charge in [0.1, 0.15) is 5.82 Å². The number of methoxy groups -OCH3 is 1. The molecule has 0 bridgehead atoms. The summed E-state index contributed by atoms with van der Waals surface area (Å²) < 4.78 is 42.1. The lowest BCUT2D eigenvalue weighted by atomic mass is 10.2. The number of ether oxygens (including phenoxy) is 1.